The third-order valence-corrected chi connectivity index (χ3v) is 4.18. The maximum Gasteiger partial charge on any atom is 0.226 e. The van der Waals surface area contributed by atoms with Crippen LogP contribution in [0.1, 0.15) is 29.6 Å². The molecule has 0 spiro atoms. The molecule has 0 fully saturated rings. The number of hydrogen-bond donors (Lipinski definition) is 1. The number of thiophene rings is 1. The number of nitrogens with zero attached hydrogens (tertiary/aromatic N) is 4. The predicted octanol–water partition coefficient (Wildman–Crippen LogP) is 3.62. The van der Waals surface area contributed by atoms with E-state index >= 15 is 0 Å². The van der Waals surface area contributed by atoms with Crippen molar-refractivity contribution in [3.63, 3.8) is 0 Å². The molecule has 0 aliphatic carbocycles. The Morgan fingerprint density at radius 3 is 2.67 bits per heavy atom. The monoisotopic (exact) mass is 301 g/mol. The molecule has 110 valence electrons. The average molecular weight is 301 g/mol. The zero-order valence-electron chi connectivity index (χ0n) is 12.8. The molecule has 0 radical (unpaired) electrons. The van der Waals surface area contributed by atoms with E-state index in [-0.39, 0.29) is 0 Å². The van der Waals surface area contributed by atoms with Crippen molar-refractivity contribution in [3.05, 3.63) is 28.4 Å². The summed E-state index contributed by atoms with van der Waals surface area (Å²) in [5.41, 5.74) is 2.08. The van der Waals surface area contributed by atoms with Gasteiger partial charge < -0.3 is 5.32 Å². The van der Waals surface area contributed by atoms with E-state index in [2.05, 4.69) is 46.4 Å². The van der Waals surface area contributed by atoms with Crippen LogP contribution in [0.4, 0.5) is 5.95 Å². The lowest BCUT2D eigenvalue weighted by Gasteiger charge is -2.08. The Bertz CT molecular complexity index is 787. The number of anilines is 1. The zero-order chi connectivity index (χ0) is 15.0. The number of fused-ring (bicyclic) bond motifs is 1. The fraction of sp³-hybridized carbons (Fsp3) is 0.400. The van der Waals surface area contributed by atoms with Crippen molar-refractivity contribution in [1.29, 1.82) is 0 Å². The first kappa shape index (κ1) is 14.0. The van der Waals surface area contributed by atoms with Gasteiger partial charge in [-0.25, -0.2) is 9.67 Å². The van der Waals surface area contributed by atoms with Crippen LogP contribution in [0.25, 0.3) is 16.0 Å². The third kappa shape index (κ3) is 2.63. The Hall–Kier alpha value is -1.95. The Balaban J connectivity index is 2.20. The zero-order valence-corrected chi connectivity index (χ0v) is 13.6. The Kier molecular flexibility index (Phi) is 3.63. The molecule has 0 saturated heterocycles. The standard InChI is InChI=1S/C15H19N5S/c1-5-6-16-15-17-13(20-10(3)7-9(2)19-20)12-8-11(4)21-14(12)18-15/h7-8H,5-6H2,1-4H3,(H,16,17,18). The summed E-state index contributed by atoms with van der Waals surface area (Å²) in [7, 11) is 0. The lowest BCUT2D eigenvalue weighted by molar-refractivity contribution is 0.809. The lowest BCUT2D eigenvalue weighted by atomic mass is 10.3. The van der Waals surface area contributed by atoms with E-state index in [0.717, 1.165) is 40.4 Å². The molecule has 0 atom stereocenters. The molecule has 0 aliphatic rings. The van der Waals surface area contributed by atoms with E-state index in [9.17, 15) is 0 Å². The summed E-state index contributed by atoms with van der Waals surface area (Å²) < 4.78 is 1.91. The Morgan fingerprint density at radius 2 is 2.00 bits per heavy atom. The van der Waals surface area contributed by atoms with Gasteiger partial charge in [-0.15, -0.1) is 11.3 Å². The van der Waals surface area contributed by atoms with Gasteiger partial charge in [0, 0.05) is 17.1 Å². The molecular weight excluding hydrogens is 282 g/mol. The van der Waals surface area contributed by atoms with Gasteiger partial charge in [0.05, 0.1) is 11.1 Å². The van der Waals surface area contributed by atoms with Crippen LogP contribution < -0.4 is 5.32 Å². The minimum Gasteiger partial charge on any atom is -0.354 e. The highest BCUT2D eigenvalue weighted by Gasteiger charge is 2.14. The van der Waals surface area contributed by atoms with Gasteiger partial charge in [0.1, 0.15) is 4.83 Å². The second-order valence-corrected chi connectivity index (χ2v) is 6.45. The van der Waals surface area contributed by atoms with Gasteiger partial charge in [0.2, 0.25) is 5.95 Å². The smallest absolute Gasteiger partial charge is 0.226 e. The molecule has 21 heavy (non-hydrogen) atoms. The average Bonchev–Trinajstić information content (AvgIpc) is 2.96. The van der Waals surface area contributed by atoms with Crippen molar-refractivity contribution in [2.24, 2.45) is 0 Å². The van der Waals surface area contributed by atoms with Gasteiger partial charge in [-0.1, -0.05) is 6.92 Å². The summed E-state index contributed by atoms with van der Waals surface area (Å²) >= 11 is 1.69. The number of nitrogens with one attached hydrogen (secondary N) is 1. The number of rotatable bonds is 4. The molecule has 3 heterocycles. The molecule has 3 rings (SSSR count). The largest absolute Gasteiger partial charge is 0.354 e. The van der Waals surface area contributed by atoms with E-state index in [1.807, 2.05) is 18.5 Å². The van der Waals surface area contributed by atoms with E-state index < -0.39 is 0 Å². The fourth-order valence-corrected chi connectivity index (χ4v) is 3.22. The summed E-state index contributed by atoms with van der Waals surface area (Å²) in [6.45, 7) is 9.13. The molecule has 0 aromatic carbocycles. The highest BCUT2D eigenvalue weighted by Crippen LogP contribution is 2.29. The summed E-state index contributed by atoms with van der Waals surface area (Å²) in [5, 5.41) is 8.90. The van der Waals surface area contributed by atoms with Gasteiger partial charge in [-0.3, -0.25) is 0 Å². The van der Waals surface area contributed by atoms with Crippen molar-refractivity contribution in [1.82, 2.24) is 19.7 Å². The molecule has 0 amide bonds. The van der Waals surface area contributed by atoms with E-state index in [4.69, 9.17) is 0 Å². The van der Waals surface area contributed by atoms with Crippen molar-refractivity contribution in [2.45, 2.75) is 34.1 Å². The second kappa shape index (κ2) is 5.44. The quantitative estimate of drug-likeness (QED) is 0.799. The summed E-state index contributed by atoms with van der Waals surface area (Å²) in [4.78, 5) is 11.5. The Labute approximate surface area is 128 Å². The third-order valence-electron chi connectivity index (χ3n) is 3.24. The van der Waals surface area contributed by atoms with Crippen LogP contribution in [0.15, 0.2) is 12.1 Å². The van der Waals surface area contributed by atoms with Crippen LogP contribution in [0.3, 0.4) is 0 Å². The van der Waals surface area contributed by atoms with E-state index in [1.165, 1.54) is 4.88 Å². The first-order valence-electron chi connectivity index (χ1n) is 7.14. The van der Waals surface area contributed by atoms with E-state index in [1.54, 1.807) is 11.3 Å². The highest BCUT2D eigenvalue weighted by molar-refractivity contribution is 7.18. The van der Waals surface area contributed by atoms with Gasteiger partial charge in [0.15, 0.2) is 5.82 Å². The first-order valence-corrected chi connectivity index (χ1v) is 7.96. The molecule has 1 N–H and O–H groups in total. The molecule has 0 aliphatic heterocycles. The van der Waals surface area contributed by atoms with Crippen LogP contribution in [-0.4, -0.2) is 26.3 Å². The van der Waals surface area contributed by atoms with Crippen LogP contribution >= 0.6 is 11.3 Å². The van der Waals surface area contributed by atoms with Crippen molar-refractivity contribution >= 4 is 27.5 Å². The number of hydrogen-bond acceptors (Lipinski definition) is 5. The van der Waals surface area contributed by atoms with E-state index in [0.29, 0.717) is 5.95 Å². The maximum atomic E-state index is 4.68. The fourth-order valence-electron chi connectivity index (χ4n) is 2.35. The minimum atomic E-state index is 0.675. The predicted molar refractivity (Wildman–Crippen MR) is 87.5 cm³/mol. The molecule has 0 bridgehead atoms. The minimum absolute atomic E-state index is 0.675. The molecular formula is C15H19N5S. The van der Waals surface area contributed by atoms with Gasteiger partial charge >= 0.3 is 0 Å². The highest BCUT2D eigenvalue weighted by atomic mass is 32.1. The summed E-state index contributed by atoms with van der Waals surface area (Å²) in [5.74, 6) is 1.53. The molecule has 6 heteroatoms. The van der Waals surface area contributed by atoms with Crippen LogP contribution in [0.5, 0.6) is 0 Å². The second-order valence-electron chi connectivity index (χ2n) is 5.21. The van der Waals surface area contributed by atoms with Crippen molar-refractivity contribution < 1.29 is 0 Å². The molecule has 3 aromatic heterocycles. The number of aromatic nitrogens is 4. The summed E-state index contributed by atoms with van der Waals surface area (Å²) in [6, 6.07) is 4.20. The molecule has 0 unspecified atom stereocenters. The summed E-state index contributed by atoms with van der Waals surface area (Å²) in [6.07, 6.45) is 1.04. The first-order chi connectivity index (χ1) is 10.1. The Morgan fingerprint density at radius 1 is 1.19 bits per heavy atom. The van der Waals surface area contributed by atoms with Crippen LogP contribution in [-0.2, 0) is 0 Å². The van der Waals surface area contributed by atoms with Gasteiger partial charge in [-0.2, -0.15) is 10.1 Å². The number of aryl methyl sites for hydroxylation is 3. The normalized spacial score (nSPS) is 11.2. The maximum absolute atomic E-state index is 4.68. The van der Waals surface area contributed by atoms with Crippen LogP contribution in [0, 0.1) is 20.8 Å². The van der Waals surface area contributed by atoms with Gasteiger partial charge in [0.25, 0.3) is 0 Å². The van der Waals surface area contributed by atoms with Crippen molar-refractivity contribution in [3.8, 4) is 5.82 Å². The SMILES string of the molecule is CCCNc1nc(-n2nc(C)cc2C)c2cc(C)sc2n1. The van der Waals surface area contributed by atoms with Crippen molar-refractivity contribution in [2.75, 3.05) is 11.9 Å². The van der Waals surface area contributed by atoms with Gasteiger partial charge in [-0.05, 0) is 39.3 Å². The molecule has 0 saturated carbocycles. The lowest BCUT2D eigenvalue weighted by Crippen LogP contribution is -2.09. The molecule has 3 aromatic rings. The molecule has 5 nitrogen and oxygen atoms in total. The van der Waals surface area contributed by atoms with Crippen LogP contribution in [0.2, 0.25) is 0 Å². The topological polar surface area (TPSA) is 55.6 Å².